The summed E-state index contributed by atoms with van der Waals surface area (Å²) >= 11 is 7.03. The normalized spacial score (nSPS) is 15.7. The van der Waals surface area contributed by atoms with E-state index in [1.54, 1.807) is 0 Å². The number of benzene rings is 1. The van der Waals surface area contributed by atoms with Crippen molar-refractivity contribution < 1.29 is 4.79 Å². The predicted molar refractivity (Wildman–Crippen MR) is 86.5 cm³/mol. The number of hydrogen-bond acceptors (Lipinski definition) is 2. The molecule has 1 aliphatic rings. The van der Waals surface area contributed by atoms with Gasteiger partial charge in [0.05, 0.1) is 11.8 Å². The van der Waals surface area contributed by atoms with E-state index in [1.807, 2.05) is 6.07 Å². The first-order valence-electron chi connectivity index (χ1n) is 6.77. The van der Waals surface area contributed by atoms with E-state index in [-0.39, 0.29) is 12.3 Å². The molecule has 2 rings (SSSR count). The Labute approximate surface area is 136 Å². The van der Waals surface area contributed by atoms with Crippen molar-refractivity contribution in [3.8, 4) is 6.07 Å². The molecular formula is C15H16Br2N2O. The van der Waals surface area contributed by atoms with Crippen LogP contribution in [0.15, 0.2) is 21.1 Å². The number of carbonyl (C=O) groups excluding carboxylic acids is 1. The lowest BCUT2D eigenvalue weighted by atomic mass is 9.84. The van der Waals surface area contributed by atoms with Crippen LogP contribution in [0.5, 0.6) is 0 Å². The molecule has 106 valence electrons. The summed E-state index contributed by atoms with van der Waals surface area (Å²) in [6.45, 7) is 0. The van der Waals surface area contributed by atoms with Crippen molar-refractivity contribution in [1.29, 1.82) is 5.26 Å². The molecule has 1 saturated carbocycles. The Morgan fingerprint density at radius 2 is 1.85 bits per heavy atom. The van der Waals surface area contributed by atoms with Gasteiger partial charge in [-0.3, -0.25) is 4.79 Å². The number of anilines is 1. The second-order valence-corrected chi connectivity index (χ2v) is 6.79. The summed E-state index contributed by atoms with van der Waals surface area (Å²) in [5, 5.41) is 11.3. The smallest absolute Gasteiger partial charge is 0.238 e. The van der Waals surface area contributed by atoms with Crippen molar-refractivity contribution in [2.75, 3.05) is 5.32 Å². The largest absolute Gasteiger partial charge is 0.323 e. The number of rotatable bonds is 3. The summed E-state index contributed by atoms with van der Waals surface area (Å²) in [6, 6.07) is 6.02. The van der Waals surface area contributed by atoms with Gasteiger partial charge in [0.15, 0.2) is 0 Å². The Bertz CT molecular complexity index is 522. The van der Waals surface area contributed by atoms with Gasteiger partial charge in [0, 0.05) is 8.95 Å². The fourth-order valence-electron chi connectivity index (χ4n) is 2.64. The number of carbonyl (C=O) groups is 1. The Hall–Kier alpha value is -0.860. The number of hydrogen-bond donors (Lipinski definition) is 1. The van der Waals surface area contributed by atoms with Crippen molar-refractivity contribution in [3.63, 3.8) is 0 Å². The van der Waals surface area contributed by atoms with Crippen molar-refractivity contribution >= 4 is 43.5 Å². The topological polar surface area (TPSA) is 52.9 Å². The lowest BCUT2D eigenvalue weighted by Crippen LogP contribution is -2.12. The maximum atomic E-state index is 11.5. The van der Waals surface area contributed by atoms with Crippen LogP contribution < -0.4 is 5.32 Å². The standard InChI is InChI=1S/C15H16Br2N2O/c16-12-8-11(10-4-2-1-3-5-10)9-13(17)15(12)19-14(20)6-7-18/h8-10H,1-6H2,(H,19,20). The third-order valence-corrected chi connectivity index (χ3v) is 4.90. The van der Waals surface area contributed by atoms with Gasteiger partial charge in [0.2, 0.25) is 5.91 Å². The van der Waals surface area contributed by atoms with E-state index in [0.717, 1.165) is 8.95 Å². The maximum absolute atomic E-state index is 11.5. The van der Waals surface area contributed by atoms with Crippen molar-refractivity contribution in [2.45, 2.75) is 44.4 Å². The molecule has 0 atom stereocenters. The molecule has 0 spiro atoms. The third kappa shape index (κ3) is 3.83. The van der Waals surface area contributed by atoms with Gasteiger partial charge in [-0.25, -0.2) is 0 Å². The molecule has 1 fully saturated rings. The summed E-state index contributed by atoms with van der Waals surface area (Å²) in [4.78, 5) is 11.5. The first-order chi connectivity index (χ1) is 9.61. The minimum Gasteiger partial charge on any atom is -0.323 e. The Kier molecular flexibility index (Phi) is 5.62. The highest BCUT2D eigenvalue weighted by atomic mass is 79.9. The summed E-state index contributed by atoms with van der Waals surface area (Å²) in [7, 11) is 0. The molecule has 0 heterocycles. The monoisotopic (exact) mass is 398 g/mol. The van der Waals surface area contributed by atoms with Gasteiger partial charge in [0.25, 0.3) is 0 Å². The molecule has 20 heavy (non-hydrogen) atoms. The third-order valence-electron chi connectivity index (χ3n) is 3.65. The fraction of sp³-hybridized carbons (Fsp3) is 0.467. The first kappa shape index (κ1) is 15.5. The molecule has 0 bridgehead atoms. The molecule has 0 unspecified atom stereocenters. The lowest BCUT2D eigenvalue weighted by Gasteiger charge is -2.23. The van der Waals surface area contributed by atoms with Crippen LogP contribution in [-0.4, -0.2) is 5.91 Å². The molecule has 0 radical (unpaired) electrons. The van der Waals surface area contributed by atoms with Crippen molar-refractivity contribution in [3.05, 3.63) is 26.6 Å². The van der Waals surface area contributed by atoms with Crippen LogP contribution >= 0.6 is 31.9 Å². The van der Waals surface area contributed by atoms with Crippen LogP contribution in [0.2, 0.25) is 0 Å². The van der Waals surface area contributed by atoms with Crippen LogP contribution in [0.4, 0.5) is 5.69 Å². The van der Waals surface area contributed by atoms with Gasteiger partial charge in [0.1, 0.15) is 6.42 Å². The number of nitrogens with zero attached hydrogens (tertiary/aromatic N) is 1. The highest BCUT2D eigenvalue weighted by Crippen LogP contribution is 2.39. The molecule has 0 saturated heterocycles. The van der Waals surface area contributed by atoms with E-state index < -0.39 is 0 Å². The van der Waals surface area contributed by atoms with Crippen molar-refractivity contribution in [1.82, 2.24) is 0 Å². The van der Waals surface area contributed by atoms with E-state index in [0.29, 0.717) is 11.6 Å². The maximum Gasteiger partial charge on any atom is 0.238 e. The number of halogens is 2. The average molecular weight is 400 g/mol. The van der Waals surface area contributed by atoms with E-state index in [2.05, 4.69) is 49.3 Å². The molecule has 5 heteroatoms. The van der Waals surface area contributed by atoms with Crippen LogP contribution in [-0.2, 0) is 4.79 Å². The zero-order valence-electron chi connectivity index (χ0n) is 11.1. The van der Waals surface area contributed by atoms with Gasteiger partial charge in [-0.2, -0.15) is 5.26 Å². The quantitative estimate of drug-likeness (QED) is 0.767. The molecule has 1 N–H and O–H groups in total. The molecule has 1 amide bonds. The van der Waals surface area contributed by atoms with E-state index in [1.165, 1.54) is 37.7 Å². The minimum absolute atomic E-state index is 0.136. The molecule has 1 aromatic rings. The molecule has 3 nitrogen and oxygen atoms in total. The van der Waals surface area contributed by atoms with Gasteiger partial charge in [-0.05, 0) is 68.3 Å². The second-order valence-electron chi connectivity index (χ2n) is 5.08. The van der Waals surface area contributed by atoms with Gasteiger partial charge >= 0.3 is 0 Å². The second kappa shape index (κ2) is 7.24. The summed E-state index contributed by atoms with van der Waals surface area (Å²) in [5.74, 6) is 0.319. The highest BCUT2D eigenvalue weighted by molar-refractivity contribution is 9.11. The zero-order valence-corrected chi connectivity index (χ0v) is 14.3. The summed E-state index contributed by atoms with van der Waals surface area (Å²) in [5.41, 5.74) is 2.01. The van der Waals surface area contributed by atoms with E-state index >= 15 is 0 Å². The molecule has 0 aliphatic heterocycles. The summed E-state index contributed by atoms with van der Waals surface area (Å²) in [6.07, 6.45) is 6.25. The average Bonchev–Trinajstić information content (AvgIpc) is 2.44. The lowest BCUT2D eigenvalue weighted by molar-refractivity contribution is -0.115. The molecular weight excluding hydrogens is 384 g/mol. The Balaban J connectivity index is 2.20. The SMILES string of the molecule is N#CCC(=O)Nc1c(Br)cc(C2CCCCC2)cc1Br. The summed E-state index contributed by atoms with van der Waals surface area (Å²) < 4.78 is 1.72. The van der Waals surface area contributed by atoms with E-state index in [4.69, 9.17) is 5.26 Å². The Morgan fingerprint density at radius 3 is 2.40 bits per heavy atom. The number of amides is 1. The number of nitrogens with one attached hydrogen (secondary N) is 1. The van der Waals surface area contributed by atoms with Crippen LogP contribution in [0.1, 0.15) is 50.0 Å². The predicted octanol–water partition coefficient (Wildman–Crippen LogP) is 5.11. The molecule has 0 aromatic heterocycles. The van der Waals surface area contributed by atoms with Crippen LogP contribution in [0.25, 0.3) is 0 Å². The highest BCUT2D eigenvalue weighted by Gasteiger charge is 2.18. The number of nitriles is 1. The van der Waals surface area contributed by atoms with Crippen molar-refractivity contribution in [2.24, 2.45) is 0 Å². The first-order valence-corrected chi connectivity index (χ1v) is 8.36. The molecule has 1 aromatic carbocycles. The Morgan fingerprint density at radius 1 is 1.25 bits per heavy atom. The van der Waals surface area contributed by atoms with Gasteiger partial charge < -0.3 is 5.32 Å². The van der Waals surface area contributed by atoms with Gasteiger partial charge in [-0.15, -0.1) is 0 Å². The van der Waals surface area contributed by atoms with Crippen LogP contribution in [0, 0.1) is 11.3 Å². The van der Waals surface area contributed by atoms with E-state index in [9.17, 15) is 4.79 Å². The molecule has 1 aliphatic carbocycles. The van der Waals surface area contributed by atoms with Gasteiger partial charge in [-0.1, -0.05) is 19.3 Å². The fourth-order valence-corrected chi connectivity index (χ4v) is 4.06. The zero-order chi connectivity index (χ0) is 14.5. The van der Waals surface area contributed by atoms with Crippen LogP contribution in [0.3, 0.4) is 0 Å². The minimum atomic E-state index is -0.292.